The lowest BCUT2D eigenvalue weighted by atomic mass is 10.0. The van der Waals surface area contributed by atoms with Gasteiger partial charge in [-0.1, -0.05) is 12.1 Å². The zero-order chi connectivity index (χ0) is 17.8. The van der Waals surface area contributed by atoms with Crippen LogP contribution < -0.4 is 5.32 Å². The van der Waals surface area contributed by atoms with Gasteiger partial charge >= 0.3 is 0 Å². The molecule has 25 heavy (non-hydrogen) atoms. The van der Waals surface area contributed by atoms with E-state index < -0.39 is 0 Å². The summed E-state index contributed by atoms with van der Waals surface area (Å²) < 4.78 is 10.9. The second-order valence-corrected chi connectivity index (χ2v) is 6.30. The predicted octanol–water partition coefficient (Wildman–Crippen LogP) is 2.29. The molecule has 0 aliphatic carbocycles. The Balaban J connectivity index is 1.73. The first-order chi connectivity index (χ1) is 12.1. The Labute approximate surface area is 147 Å². The molecule has 0 bridgehead atoms. The molecule has 3 rings (SSSR count). The number of amides is 1. The zero-order valence-electron chi connectivity index (χ0n) is 14.8. The summed E-state index contributed by atoms with van der Waals surface area (Å²) >= 11 is 0. The topological polar surface area (TPSA) is 73.3 Å². The molecule has 6 heteroatoms. The highest BCUT2D eigenvalue weighted by Crippen LogP contribution is 2.22. The van der Waals surface area contributed by atoms with E-state index in [1.54, 1.807) is 25.4 Å². The maximum atomic E-state index is 12.5. The first kappa shape index (κ1) is 17.5. The number of rotatable bonds is 4. The molecular weight excluding hydrogens is 318 g/mol. The van der Waals surface area contributed by atoms with Crippen LogP contribution >= 0.6 is 0 Å². The minimum absolute atomic E-state index is 0.0119. The molecule has 1 aromatic carbocycles. The second kappa shape index (κ2) is 7.72. The van der Waals surface area contributed by atoms with Crippen molar-refractivity contribution in [3.63, 3.8) is 0 Å². The molecule has 1 N–H and O–H groups in total. The standard InChI is InChI=1S/C19H23N3O3/c1-12-10-20-22-18(13(12)2)14-4-6-15(7-5-14)19(23)21-16-11-25-9-8-17(16)24-3/h4-7,10,16-17H,8-9,11H2,1-3H3,(H,21,23)/t16-,17-/m1/s1. The van der Waals surface area contributed by atoms with Crippen molar-refractivity contribution in [3.8, 4) is 11.3 Å². The number of carbonyl (C=O) groups excluding carboxylic acids is 1. The number of hydrogen-bond donors (Lipinski definition) is 1. The van der Waals surface area contributed by atoms with Crippen LogP contribution in [0.15, 0.2) is 30.5 Å². The highest BCUT2D eigenvalue weighted by molar-refractivity contribution is 5.94. The third-order valence-electron chi connectivity index (χ3n) is 4.69. The van der Waals surface area contributed by atoms with Gasteiger partial charge in [0.2, 0.25) is 0 Å². The fourth-order valence-corrected chi connectivity index (χ4v) is 2.97. The molecule has 1 aliphatic heterocycles. The highest BCUT2D eigenvalue weighted by atomic mass is 16.5. The Morgan fingerprint density at radius 2 is 2.04 bits per heavy atom. The molecule has 1 aliphatic rings. The molecule has 2 aromatic rings. The summed E-state index contributed by atoms with van der Waals surface area (Å²) in [7, 11) is 1.66. The van der Waals surface area contributed by atoms with Gasteiger partial charge in [-0.3, -0.25) is 4.79 Å². The molecule has 2 heterocycles. The van der Waals surface area contributed by atoms with Crippen LogP contribution in [-0.4, -0.2) is 48.6 Å². The molecule has 0 spiro atoms. The van der Waals surface area contributed by atoms with Crippen molar-refractivity contribution in [1.29, 1.82) is 0 Å². The van der Waals surface area contributed by atoms with Crippen molar-refractivity contribution in [1.82, 2.24) is 15.5 Å². The normalized spacial score (nSPS) is 20.3. The van der Waals surface area contributed by atoms with Gasteiger partial charge in [0.1, 0.15) is 0 Å². The van der Waals surface area contributed by atoms with Gasteiger partial charge in [0, 0.05) is 24.8 Å². The number of carbonyl (C=O) groups is 1. The fraction of sp³-hybridized carbons (Fsp3) is 0.421. The lowest BCUT2D eigenvalue weighted by Crippen LogP contribution is -2.50. The van der Waals surface area contributed by atoms with Crippen LogP contribution in [-0.2, 0) is 9.47 Å². The minimum Gasteiger partial charge on any atom is -0.379 e. The summed E-state index contributed by atoms with van der Waals surface area (Å²) in [4.78, 5) is 12.5. The van der Waals surface area contributed by atoms with Crippen LogP contribution in [0.4, 0.5) is 0 Å². The largest absolute Gasteiger partial charge is 0.379 e. The number of aromatic nitrogens is 2. The van der Waals surface area contributed by atoms with Gasteiger partial charge in [-0.15, -0.1) is 0 Å². The molecule has 6 nitrogen and oxygen atoms in total. The molecule has 1 amide bonds. The molecule has 0 saturated carbocycles. The molecule has 0 unspecified atom stereocenters. The molecule has 1 fully saturated rings. The SMILES string of the molecule is CO[C@@H]1CCOC[C@H]1NC(=O)c1ccc(-c2nncc(C)c2C)cc1. The van der Waals surface area contributed by atoms with Crippen molar-refractivity contribution in [2.75, 3.05) is 20.3 Å². The van der Waals surface area contributed by atoms with E-state index in [2.05, 4.69) is 15.5 Å². The van der Waals surface area contributed by atoms with E-state index >= 15 is 0 Å². The smallest absolute Gasteiger partial charge is 0.251 e. The number of ether oxygens (including phenoxy) is 2. The quantitative estimate of drug-likeness (QED) is 0.924. The summed E-state index contributed by atoms with van der Waals surface area (Å²) in [5, 5.41) is 11.2. The molecule has 1 aromatic heterocycles. The van der Waals surface area contributed by atoms with Crippen LogP contribution in [0.1, 0.15) is 27.9 Å². The van der Waals surface area contributed by atoms with Gasteiger partial charge in [-0.2, -0.15) is 10.2 Å². The number of benzene rings is 1. The van der Waals surface area contributed by atoms with E-state index in [1.807, 2.05) is 26.0 Å². The van der Waals surface area contributed by atoms with Gasteiger partial charge in [0.05, 0.1) is 30.6 Å². The lowest BCUT2D eigenvalue weighted by molar-refractivity contribution is -0.0349. The number of nitrogens with one attached hydrogen (secondary N) is 1. The third-order valence-corrected chi connectivity index (χ3v) is 4.69. The zero-order valence-corrected chi connectivity index (χ0v) is 14.8. The molecular formula is C19H23N3O3. The monoisotopic (exact) mass is 341 g/mol. The van der Waals surface area contributed by atoms with Gasteiger partial charge < -0.3 is 14.8 Å². The number of methoxy groups -OCH3 is 1. The Hall–Kier alpha value is -2.31. The third kappa shape index (κ3) is 3.86. The van der Waals surface area contributed by atoms with Crippen LogP contribution in [0.2, 0.25) is 0 Å². The predicted molar refractivity (Wildman–Crippen MR) is 94.4 cm³/mol. The number of hydrogen-bond acceptors (Lipinski definition) is 5. The molecule has 0 radical (unpaired) electrons. The summed E-state index contributed by atoms with van der Waals surface area (Å²) in [5.41, 5.74) is 4.57. The highest BCUT2D eigenvalue weighted by Gasteiger charge is 2.27. The van der Waals surface area contributed by atoms with Crippen molar-refractivity contribution in [2.24, 2.45) is 0 Å². The van der Waals surface area contributed by atoms with Crippen molar-refractivity contribution in [2.45, 2.75) is 32.4 Å². The first-order valence-electron chi connectivity index (χ1n) is 8.41. The average molecular weight is 341 g/mol. The summed E-state index contributed by atoms with van der Waals surface area (Å²) in [6, 6.07) is 7.28. The fourth-order valence-electron chi connectivity index (χ4n) is 2.97. The van der Waals surface area contributed by atoms with E-state index in [1.165, 1.54) is 0 Å². The average Bonchev–Trinajstić information content (AvgIpc) is 2.64. The van der Waals surface area contributed by atoms with E-state index in [-0.39, 0.29) is 18.1 Å². The first-order valence-corrected chi connectivity index (χ1v) is 8.41. The number of aryl methyl sites for hydroxylation is 1. The van der Waals surface area contributed by atoms with Crippen LogP contribution in [0, 0.1) is 13.8 Å². The summed E-state index contributed by atoms with van der Waals surface area (Å²) in [6.07, 6.45) is 2.52. The second-order valence-electron chi connectivity index (χ2n) is 6.30. The Bertz CT molecular complexity index is 746. The Kier molecular flexibility index (Phi) is 5.40. The molecule has 1 saturated heterocycles. The van der Waals surface area contributed by atoms with E-state index in [9.17, 15) is 4.79 Å². The molecule has 2 atom stereocenters. The Morgan fingerprint density at radius 1 is 1.28 bits per heavy atom. The van der Waals surface area contributed by atoms with Gasteiger partial charge in [-0.05, 0) is 43.5 Å². The van der Waals surface area contributed by atoms with Gasteiger partial charge in [0.15, 0.2) is 0 Å². The van der Waals surface area contributed by atoms with Gasteiger partial charge in [-0.25, -0.2) is 0 Å². The van der Waals surface area contributed by atoms with E-state index in [4.69, 9.17) is 9.47 Å². The van der Waals surface area contributed by atoms with Crippen LogP contribution in [0.3, 0.4) is 0 Å². The van der Waals surface area contributed by atoms with Crippen LogP contribution in [0.25, 0.3) is 11.3 Å². The van der Waals surface area contributed by atoms with Crippen LogP contribution in [0.5, 0.6) is 0 Å². The summed E-state index contributed by atoms with van der Waals surface area (Å²) in [5.74, 6) is -0.129. The van der Waals surface area contributed by atoms with Gasteiger partial charge in [0.25, 0.3) is 5.91 Å². The van der Waals surface area contributed by atoms with Crippen molar-refractivity contribution < 1.29 is 14.3 Å². The maximum absolute atomic E-state index is 12.5. The minimum atomic E-state index is -0.129. The van der Waals surface area contributed by atoms with Crippen molar-refractivity contribution in [3.05, 3.63) is 47.2 Å². The maximum Gasteiger partial charge on any atom is 0.251 e. The lowest BCUT2D eigenvalue weighted by Gasteiger charge is -2.31. The molecule has 132 valence electrons. The van der Waals surface area contributed by atoms with E-state index in [0.717, 1.165) is 28.8 Å². The summed E-state index contributed by atoms with van der Waals surface area (Å²) in [6.45, 7) is 5.17. The van der Waals surface area contributed by atoms with Crippen molar-refractivity contribution >= 4 is 5.91 Å². The Morgan fingerprint density at radius 3 is 2.76 bits per heavy atom. The van der Waals surface area contributed by atoms with E-state index in [0.29, 0.717) is 18.8 Å². The number of nitrogens with zero attached hydrogens (tertiary/aromatic N) is 2.